The Morgan fingerprint density at radius 2 is 1.65 bits per heavy atom. The molecule has 1 atom stereocenters. The van der Waals surface area contributed by atoms with Crippen LogP contribution in [-0.4, -0.2) is 52.0 Å². The molecule has 1 N–H and O–H groups in total. The van der Waals surface area contributed by atoms with Gasteiger partial charge in [0.2, 0.25) is 0 Å². The summed E-state index contributed by atoms with van der Waals surface area (Å²) in [5.41, 5.74) is 0.336. The van der Waals surface area contributed by atoms with E-state index in [0.717, 1.165) is 30.9 Å². The Labute approximate surface area is 187 Å². The number of aliphatic carboxylic acids is 1. The van der Waals surface area contributed by atoms with Gasteiger partial charge in [0.25, 0.3) is 0 Å². The number of rotatable bonds is 17. The van der Waals surface area contributed by atoms with Crippen molar-refractivity contribution < 1.29 is 32.7 Å². The van der Waals surface area contributed by atoms with E-state index >= 15 is 0 Å². The largest absolute Gasteiger partial charge is 0.543 e. The van der Waals surface area contributed by atoms with Gasteiger partial charge in [-0.15, -0.1) is 0 Å². The van der Waals surface area contributed by atoms with Crippen LogP contribution in [0.5, 0.6) is 11.5 Å². The Bertz CT molecular complexity index is 661. The minimum atomic E-state index is -3.10. The summed E-state index contributed by atoms with van der Waals surface area (Å²) in [6.07, 6.45) is 6.12. The van der Waals surface area contributed by atoms with Gasteiger partial charge in [-0.25, -0.2) is 4.79 Å². The van der Waals surface area contributed by atoms with Crippen LogP contribution in [0.25, 0.3) is 6.08 Å². The van der Waals surface area contributed by atoms with E-state index in [0.29, 0.717) is 44.3 Å². The minimum absolute atomic E-state index is 0.383. The van der Waals surface area contributed by atoms with Crippen molar-refractivity contribution in [3.05, 3.63) is 29.8 Å². The fraction of sp³-hybridized carbons (Fsp3) is 0.609. The lowest BCUT2D eigenvalue weighted by Crippen LogP contribution is -2.59. The highest BCUT2D eigenvalue weighted by molar-refractivity contribution is 6.62. The molecule has 1 aromatic rings. The lowest BCUT2D eigenvalue weighted by molar-refractivity contribution is -0.131. The Morgan fingerprint density at radius 1 is 1.00 bits per heavy atom. The van der Waals surface area contributed by atoms with Crippen molar-refractivity contribution >= 4 is 20.8 Å². The van der Waals surface area contributed by atoms with Crippen molar-refractivity contribution in [3.8, 4) is 11.5 Å². The second-order valence-corrected chi connectivity index (χ2v) is 9.59. The Kier molecular flexibility index (Phi) is 13.2. The first-order valence-corrected chi connectivity index (χ1v) is 13.0. The van der Waals surface area contributed by atoms with Gasteiger partial charge in [0.05, 0.1) is 6.61 Å². The monoisotopic (exact) mass is 454 g/mol. The fourth-order valence-electron chi connectivity index (χ4n) is 3.06. The van der Waals surface area contributed by atoms with Crippen LogP contribution in [0.2, 0.25) is 0 Å². The van der Waals surface area contributed by atoms with Crippen molar-refractivity contribution in [2.75, 3.05) is 26.4 Å². The molecule has 0 saturated heterocycles. The number of carboxylic acid groups (broad SMARTS) is 1. The van der Waals surface area contributed by atoms with Gasteiger partial charge in [0, 0.05) is 25.9 Å². The van der Waals surface area contributed by atoms with Crippen molar-refractivity contribution in [3.63, 3.8) is 0 Å². The molecule has 176 valence electrons. The van der Waals surface area contributed by atoms with Gasteiger partial charge >= 0.3 is 14.8 Å². The molecule has 0 amide bonds. The molecule has 0 heterocycles. The lowest BCUT2D eigenvalue weighted by Gasteiger charge is -2.35. The Morgan fingerprint density at radius 3 is 2.16 bits per heavy atom. The summed E-state index contributed by atoms with van der Waals surface area (Å²) in [5, 5.41) is 8.91. The standard InChI is InChI=1S/C23H38O7Si/c1-6-11-17-26-21-18-19(14-16-22(24)25)13-15-20(21)30-23(12-7-2)31(27-8-3,28-9-4)29-10-5/h13-16,18,23H,6-12,17H2,1-5H3,(H,24,25)/b16-14+. The predicted molar refractivity (Wildman–Crippen MR) is 123 cm³/mol. The summed E-state index contributed by atoms with van der Waals surface area (Å²) < 4.78 is 30.7. The van der Waals surface area contributed by atoms with Crippen LogP contribution in [0.1, 0.15) is 65.9 Å². The highest BCUT2D eigenvalue weighted by Gasteiger charge is 2.51. The third-order valence-corrected chi connectivity index (χ3v) is 7.66. The van der Waals surface area contributed by atoms with E-state index in [1.54, 1.807) is 18.2 Å². The van der Waals surface area contributed by atoms with Crippen LogP contribution < -0.4 is 9.47 Å². The first-order chi connectivity index (χ1) is 15.0. The van der Waals surface area contributed by atoms with Crippen LogP contribution in [0.15, 0.2) is 24.3 Å². The van der Waals surface area contributed by atoms with Crippen LogP contribution in [0.3, 0.4) is 0 Å². The zero-order chi connectivity index (χ0) is 23.1. The van der Waals surface area contributed by atoms with Gasteiger partial charge in [-0.3, -0.25) is 0 Å². The molecule has 1 rings (SSSR count). The van der Waals surface area contributed by atoms with Crippen molar-refractivity contribution in [1.29, 1.82) is 0 Å². The van der Waals surface area contributed by atoms with Gasteiger partial charge in [-0.2, -0.15) is 0 Å². The maximum Gasteiger partial charge on any atom is 0.543 e. The van der Waals surface area contributed by atoms with Gasteiger partial charge in [-0.05, 0) is 57.4 Å². The predicted octanol–water partition coefficient (Wildman–Crippen LogP) is 5.10. The van der Waals surface area contributed by atoms with E-state index in [-0.39, 0.29) is 5.73 Å². The molecule has 0 saturated carbocycles. The molecule has 0 aliphatic rings. The fourth-order valence-corrected chi connectivity index (χ4v) is 5.99. The van der Waals surface area contributed by atoms with Gasteiger partial charge < -0.3 is 27.9 Å². The highest BCUT2D eigenvalue weighted by atomic mass is 28.4. The highest BCUT2D eigenvalue weighted by Crippen LogP contribution is 2.33. The maximum atomic E-state index is 10.9. The lowest BCUT2D eigenvalue weighted by atomic mass is 10.2. The molecule has 31 heavy (non-hydrogen) atoms. The van der Waals surface area contributed by atoms with Crippen molar-refractivity contribution in [2.45, 2.75) is 66.0 Å². The minimum Gasteiger partial charge on any atom is -0.490 e. The molecule has 0 bridgehead atoms. The molecular weight excluding hydrogens is 416 g/mol. The van der Waals surface area contributed by atoms with E-state index in [2.05, 4.69) is 13.8 Å². The molecule has 0 aromatic heterocycles. The Hall–Kier alpha value is -1.87. The molecule has 7 nitrogen and oxygen atoms in total. The Balaban J connectivity index is 3.30. The SMILES string of the molecule is CCCCOc1cc(/C=C/C(=O)O)ccc1OC(CCC)[Si](OCC)(OCC)OCC. The van der Waals surface area contributed by atoms with Crippen molar-refractivity contribution in [2.24, 2.45) is 0 Å². The number of carbonyl (C=O) groups is 1. The second-order valence-electron chi connectivity index (χ2n) is 6.88. The molecule has 0 fully saturated rings. The molecule has 1 unspecified atom stereocenters. The van der Waals surface area contributed by atoms with Gasteiger partial charge in [0.15, 0.2) is 17.2 Å². The summed E-state index contributed by atoms with van der Waals surface area (Å²) in [4.78, 5) is 10.9. The van der Waals surface area contributed by atoms with Crippen LogP contribution in [-0.2, 0) is 18.1 Å². The molecule has 8 heteroatoms. The molecular formula is C23H38O7Si. The second kappa shape index (κ2) is 15.0. The smallest absolute Gasteiger partial charge is 0.490 e. The van der Waals surface area contributed by atoms with E-state index in [1.165, 1.54) is 6.08 Å². The number of unbranched alkanes of at least 4 members (excludes halogenated alkanes) is 1. The van der Waals surface area contributed by atoms with E-state index in [4.69, 9.17) is 27.9 Å². The van der Waals surface area contributed by atoms with Crippen LogP contribution in [0, 0.1) is 0 Å². The average molecular weight is 455 g/mol. The molecule has 0 aliphatic carbocycles. The topological polar surface area (TPSA) is 83.5 Å². The van der Waals surface area contributed by atoms with Gasteiger partial charge in [0.1, 0.15) is 0 Å². The maximum absolute atomic E-state index is 10.9. The normalized spacial score (nSPS) is 12.8. The first-order valence-electron chi connectivity index (χ1n) is 11.2. The third kappa shape index (κ3) is 9.02. The number of benzene rings is 1. The first kappa shape index (κ1) is 27.2. The summed E-state index contributed by atoms with van der Waals surface area (Å²) in [5.74, 6) is 0.130. The number of hydrogen-bond donors (Lipinski definition) is 1. The summed E-state index contributed by atoms with van der Waals surface area (Å²) in [6, 6.07) is 5.39. The molecule has 0 aliphatic heterocycles. The zero-order valence-corrected chi connectivity index (χ0v) is 20.5. The average Bonchev–Trinajstić information content (AvgIpc) is 2.73. The number of ether oxygens (including phenoxy) is 2. The molecule has 1 aromatic carbocycles. The van der Waals surface area contributed by atoms with E-state index < -0.39 is 14.8 Å². The van der Waals surface area contributed by atoms with E-state index in [1.807, 2.05) is 20.8 Å². The number of carboxylic acids is 1. The third-order valence-electron chi connectivity index (χ3n) is 4.39. The van der Waals surface area contributed by atoms with Gasteiger partial charge in [-0.1, -0.05) is 32.8 Å². The van der Waals surface area contributed by atoms with Crippen molar-refractivity contribution in [1.82, 2.24) is 0 Å². The van der Waals surface area contributed by atoms with Crippen LogP contribution in [0.4, 0.5) is 0 Å². The van der Waals surface area contributed by atoms with Crippen LogP contribution >= 0.6 is 0 Å². The molecule has 0 spiro atoms. The summed E-state index contributed by atoms with van der Waals surface area (Å²) in [7, 11) is -3.10. The summed E-state index contributed by atoms with van der Waals surface area (Å²) in [6.45, 7) is 11.9. The van der Waals surface area contributed by atoms with E-state index in [9.17, 15) is 4.79 Å². The molecule has 0 radical (unpaired) electrons. The summed E-state index contributed by atoms with van der Waals surface area (Å²) >= 11 is 0. The number of hydrogen-bond acceptors (Lipinski definition) is 6. The quantitative estimate of drug-likeness (QED) is 0.199. The zero-order valence-electron chi connectivity index (χ0n) is 19.5.